The van der Waals surface area contributed by atoms with Gasteiger partial charge in [-0.2, -0.15) is 0 Å². The van der Waals surface area contributed by atoms with Gasteiger partial charge >= 0.3 is 0 Å². The zero-order valence-electron chi connectivity index (χ0n) is 9.46. The second-order valence-electron chi connectivity index (χ2n) is 4.42. The predicted octanol–water partition coefficient (Wildman–Crippen LogP) is 1.13. The number of ether oxygens (including phenoxy) is 1. The highest BCUT2D eigenvalue weighted by Gasteiger charge is 2.21. The first-order valence-electron chi connectivity index (χ1n) is 5.73. The molecule has 0 amide bonds. The molecule has 0 bridgehead atoms. The summed E-state index contributed by atoms with van der Waals surface area (Å²) in [7, 11) is 1.75. The van der Waals surface area contributed by atoms with Gasteiger partial charge < -0.3 is 15.8 Å². The third-order valence-electron chi connectivity index (χ3n) is 3.18. The minimum atomic E-state index is 0.415. The van der Waals surface area contributed by atoms with Crippen molar-refractivity contribution in [2.45, 2.75) is 44.7 Å². The number of rotatable bonds is 6. The van der Waals surface area contributed by atoms with Crippen molar-refractivity contribution in [3.05, 3.63) is 0 Å². The van der Waals surface area contributed by atoms with Crippen LogP contribution in [0.4, 0.5) is 0 Å². The Balaban J connectivity index is 2.29. The smallest absolute Gasteiger partial charge is 0.0503 e. The third-order valence-corrected chi connectivity index (χ3v) is 3.18. The quantitative estimate of drug-likeness (QED) is 0.675. The van der Waals surface area contributed by atoms with Crippen LogP contribution in [0.2, 0.25) is 0 Å². The van der Waals surface area contributed by atoms with Gasteiger partial charge in [0, 0.05) is 25.7 Å². The van der Waals surface area contributed by atoms with Crippen molar-refractivity contribution < 1.29 is 4.74 Å². The molecule has 0 spiro atoms. The summed E-state index contributed by atoms with van der Waals surface area (Å²) in [5.74, 6) is 0.505. The van der Waals surface area contributed by atoms with Gasteiger partial charge in [-0.15, -0.1) is 0 Å². The molecular formula is C11H24N2O. The van der Waals surface area contributed by atoms with Gasteiger partial charge in [0.25, 0.3) is 0 Å². The van der Waals surface area contributed by atoms with Gasteiger partial charge in [-0.05, 0) is 18.8 Å². The molecule has 2 unspecified atom stereocenters. The fourth-order valence-electron chi connectivity index (χ4n) is 2.24. The minimum Gasteiger partial charge on any atom is -0.384 e. The summed E-state index contributed by atoms with van der Waals surface area (Å²) < 4.78 is 5.16. The van der Waals surface area contributed by atoms with E-state index in [1.807, 2.05) is 0 Å². The van der Waals surface area contributed by atoms with Crippen molar-refractivity contribution in [1.82, 2.24) is 5.32 Å². The average molecular weight is 200 g/mol. The van der Waals surface area contributed by atoms with Gasteiger partial charge in [-0.1, -0.05) is 19.8 Å². The van der Waals surface area contributed by atoms with Crippen molar-refractivity contribution in [3.63, 3.8) is 0 Å². The third kappa shape index (κ3) is 3.56. The lowest BCUT2D eigenvalue weighted by molar-refractivity contribution is 0.137. The zero-order chi connectivity index (χ0) is 10.4. The van der Waals surface area contributed by atoms with Gasteiger partial charge in [0.1, 0.15) is 0 Å². The van der Waals surface area contributed by atoms with Crippen LogP contribution in [0.3, 0.4) is 0 Å². The summed E-state index contributed by atoms with van der Waals surface area (Å²) in [5.41, 5.74) is 5.76. The van der Waals surface area contributed by atoms with Gasteiger partial charge in [-0.25, -0.2) is 0 Å². The summed E-state index contributed by atoms with van der Waals surface area (Å²) in [6.07, 6.45) is 5.37. The van der Waals surface area contributed by atoms with E-state index in [-0.39, 0.29) is 0 Å². The van der Waals surface area contributed by atoms with E-state index in [4.69, 9.17) is 10.5 Å². The van der Waals surface area contributed by atoms with Crippen LogP contribution in [0.5, 0.6) is 0 Å². The van der Waals surface area contributed by atoms with Gasteiger partial charge in [0.15, 0.2) is 0 Å². The van der Waals surface area contributed by atoms with Crippen LogP contribution in [-0.4, -0.2) is 32.3 Å². The maximum absolute atomic E-state index is 5.76. The second-order valence-corrected chi connectivity index (χ2v) is 4.42. The molecule has 3 nitrogen and oxygen atoms in total. The standard InChI is InChI=1S/C11H24N2O/c1-9(8-14-2)11(7-12)13-10-5-3-4-6-10/h9-11,13H,3-8,12H2,1-2H3. The normalized spacial score (nSPS) is 22.5. The van der Waals surface area contributed by atoms with Gasteiger partial charge in [-0.3, -0.25) is 0 Å². The lowest BCUT2D eigenvalue weighted by atomic mass is 10.0. The van der Waals surface area contributed by atoms with Crippen molar-refractivity contribution in [2.24, 2.45) is 11.7 Å². The fraction of sp³-hybridized carbons (Fsp3) is 1.00. The average Bonchev–Trinajstić information content (AvgIpc) is 2.66. The van der Waals surface area contributed by atoms with E-state index in [9.17, 15) is 0 Å². The summed E-state index contributed by atoms with van der Waals surface area (Å²) in [4.78, 5) is 0. The SMILES string of the molecule is COCC(C)C(CN)NC1CCCC1. The van der Waals surface area contributed by atoms with Crippen LogP contribution in [-0.2, 0) is 4.74 Å². The molecule has 14 heavy (non-hydrogen) atoms. The molecule has 3 heteroatoms. The Morgan fingerprint density at radius 2 is 2.07 bits per heavy atom. The maximum Gasteiger partial charge on any atom is 0.0503 e. The van der Waals surface area contributed by atoms with Crippen LogP contribution in [0, 0.1) is 5.92 Å². The molecule has 1 fully saturated rings. The summed E-state index contributed by atoms with van der Waals surface area (Å²) in [6.45, 7) is 3.70. The number of hydrogen-bond acceptors (Lipinski definition) is 3. The van der Waals surface area contributed by atoms with Crippen molar-refractivity contribution in [1.29, 1.82) is 0 Å². The molecule has 0 saturated heterocycles. The van der Waals surface area contributed by atoms with Crippen molar-refractivity contribution in [3.8, 4) is 0 Å². The molecule has 1 aliphatic rings. The first-order chi connectivity index (χ1) is 6.77. The Bertz CT molecular complexity index is 146. The summed E-state index contributed by atoms with van der Waals surface area (Å²) in [6, 6.07) is 1.11. The molecule has 0 aromatic carbocycles. The molecule has 3 N–H and O–H groups in total. The molecule has 0 aliphatic heterocycles. The Morgan fingerprint density at radius 1 is 1.43 bits per heavy atom. The summed E-state index contributed by atoms with van der Waals surface area (Å²) >= 11 is 0. The van der Waals surface area contributed by atoms with Crippen molar-refractivity contribution >= 4 is 0 Å². The first kappa shape index (κ1) is 12.0. The Hall–Kier alpha value is -0.120. The Kier molecular flexibility index (Phi) is 5.45. The largest absolute Gasteiger partial charge is 0.384 e. The molecule has 2 atom stereocenters. The molecule has 0 radical (unpaired) electrons. The van der Waals surface area contributed by atoms with Crippen LogP contribution in [0.1, 0.15) is 32.6 Å². The number of hydrogen-bond donors (Lipinski definition) is 2. The van der Waals surface area contributed by atoms with E-state index in [1.165, 1.54) is 25.7 Å². The van der Waals surface area contributed by atoms with E-state index in [0.29, 0.717) is 24.5 Å². The number of nitrogens with one attached hydrogen (secondary N) is 1. The van der Waals surface area contributed by atoms with E-state index in [2.05, 4.69) is 12.2 Å². The number of nitrogens with two attached hydrogens (primary N) is 1. The molecular weight excluding hydrogens is 176 g/mol. The van der Waals surface area contributed by atoms with Crippen LogP contribution in [0.25, 0.3) is 0 Å². The Morgan fingerprint density at radius 3 is 2.57 bits per heavy atom. The van der Waals surface area contributed by atoms with Crippen LogP contribution >= 0.6 is 0 Å². The molecule has 0 aromatic rings. The van der Waals surface area contributed by atoms with E-state index < -0.39 is 0 Å². The molecule has 1 saturated carbocycles. The second kappa shape index (κ2) is 6.38. The zero-order valence-corrected chi connectivity index (χ0v) is 9.46. The van der Waals surface area contributed by atoms with Gasteiger partial charge in [0.2, 0.25) is 0 Å². The summed E-state index contributed by atoms with van der Waals surface area (Å²) in [5, 5.41) is 3.65. The highest BCUT2D eigenvalue weighted by atomic mass is 16.5. The van der Waals surface area contributed by atoms with E-state index in [1.54, 1.807) is 7.11 Å². The highest BCUT2D eigenvalue weighted by Crippen LogP contribution is 2.19. The van der Waals surface area contributed by atoms with Crippen molar-refractivity contribution in [2.75, 3.05) is 20.3 Å². The minimum absolute atomic E-state index is 0.415. The number of methoxy groups -OCH3 is 1. The highest BCUT2D eigenvalue weighted by molar-refractivity contribution is 4.82. The maximum atomic E-state index is 5.76. The molecule has 0 heterocycles. The van der Waals surface area contributed by atoms with Crippen LogP contribution in [0.15, 0.2) is 0 Å². The van der Waals surface area contributed by atoms with Crippen LogP contribution < -0.4 is 11.1 Å². The van der Waals surface area contributed by atoms with Gasteiger partial charge in [0.05, 0.1) is 6.61 Å². The molecule has 84 valence electrons. The fourth-order valence-corrected chi connectivity index (χ4v) is 2.24. The Labute approximate surface area is 87.4 Å². The topological polar surface area (TPSA) is 47.3 Å². The predicted molar refractivity (Wildman–Crippen MR) is 59.3 cm³/mol. The molecule has 1 rings (SSSR count). The molecule has 1 aliphatic carbocycles. The monoisotopic (exact) mass is 200 g/mol. The van der Waals surface area contributed by atoms with E-state index >= 15 is 0 Å². The first-order valence-corrected chi connectivity index (χ1v) is 5.73. The van der Waals surface area contributed by atoms with E-state index in [0.717, 1.165) is 6.61 Å². The lowest BCUT2D eigenvalue weighted by Crippen LogP contribution is -2.46. The lowest BCUT2D eigenvalue weighted by Gasteiger charge is -2.26. The molecule has 0 aromatic heterocycles.